The molecule has 2 heterocycles. The number of nitrogens with zero attached hydrogens (tertiary/aromatic N) is 2. The summed E-state index contributed by atoms with van der Waals surface area (Å²) in [5.74, 6) is 0.202. The van der Waals surface area contributed by atoms with E-state index in [1.807, 2.05) is 30.5 Å². The number of nitrogens with two attached hydrogens (primary N) is 1. The van der Waals surface area contributed by atoms with Crippen LogP contribution < -0.4 is 5.73 Å². The Hall–Kier alpha value is -3.61. The number of aryl methyl sites for hydroxylation is 1. The minimum absolute atomic E-state index is 0.202. The summed E-state index contributed by atoms with van der Waals surface area (Å²) >= 11 is 0. The van der Waals surface area contributed by atoms with Gasteiger partial charge in [0.2, 0.25) is 0 Å². The van der Waals surface area contributed by atoms with Gasteiger partial charge in [0.05, 0.1) is 22.9 Å². The lowest BCUT2D eigenvalue weighted by Crippen LogP contribution is -2.29. The zero-order valence-corrected chi connectivity index (χ0v) is 15.0. The predicted molar refractivity (Wildman–Crippen MR) is 105 cm³/mol. The van der Waals surface area contributed by atoms with Gasteiger partial charge in [-0.15, -0.1) is 0 Å². The second-order valence-electron chi connectivity index (χ2n) is 7.06. The molecule has 1 atom stereocenters. The minimum atomic E-state index is -0.759. The van der Waals surface area contributed by atoms with E-state index in [1.54, 1.807) is 12.1 Å². The summed E-state index contributed by atoms with van der Waals surface area (Å²) in [5, 5.41) is 19.0. The van der Waals surface area contributed by atoms with Crippen molar-refractivity contribution in [2.75, 3.05) is 0 Å². The topological polar surface area (TPSA) is 114 Å². The van der Waals surface area contributed by atoms with Crippen molar-refractivity contribution < 1.29 is 14.6 Å². The quantitative estimate of drug-likeness (QED) is 0.497. The Bertz CT molecular complexity index is 1210. The van der Waals surface area contributed by atoms with E-state index in [1.165, 1.54) is 5.56 Å². The van der Waals surface area contributed by atoms with Crippen molar-refractivity contribution in [1.29, 1.82) is 0 Å². The molecule has 2 aromatic heterocycles. The van der Waals surface area contributed by atoms with E-state index in [0.717, 1.165) is 45.0 Å². The number of ether oxygens (including phenoxy) is 1. The first-order chi connectivity index (χ1) is 13.6. The number of fused-ring (bicyclic) bond motifs is 5. The first kappa shape index (κ1) is 16.6. The molecule has 1 aliphatic rings. The third-order valence-corrected chi connectivity index (χ3v) is 5.36. The van der Waals surface area contributed by atoms with Gasteiger partial charge in [-0.25, -0.2) is 9.78 Å². The molecular weight excluding hydrogens is 356 g/mol. The smallest absolute Gasteiger partial charge is 0.404 e. The standard InChI is InChI=1S/C21H18N4O3/c22-21(27)28-13-5-6-14-15(9-13)20(11-1-3-12(26)4-2-11)24-18-8-7-17-16(19(14)18)10-23-25-17/h1-4,7-8,10,13,26H,5-6,9H2,(H2,22,27)(H,23,25). The fourth-order valence-electron chi connectivity index (χ4n) is 4.15. The Labute approximate surface area is 160 Å². The molecule has 7 heteroatoms. The van der Waals surface area contributed by atoms with Crippen molar-refractivity contribution in [2.45, 2.75) is 25.4 Å². The molecule has 28 heavy (non-hydrogen) atoms. The molecule has 1 aliphatic carbocycles. The maximum Gasteiger partial charge on any atom is 0.404 e. The van der Waals surface area contributed by atoms with Crippen molar-refractivity contribution >= 4 is 27.9 Å². The summed E-state index contributed by atoms with van der Waals surface area (Å²) < 4.78 is 5.30. The predicted octanol–water partition coefficient (Wildman–Crippen LogP) is 3.44. The van der Waals surface area contributed by atoms with Gasteiger partial charge in [-0.3, -0.25) is 5.10 Å². The maximum atomic E-state index is 11.3. The average Bonchev–Trinajstić information content (AvgIpc) is 3.16. The number of phenolic OH excluding ortho intramolecular Hbond substituents is 1. The van der Waals surface area contributed by atoms with Gasteiger partial charge in [-0.05, 0) is 60.4 Å². The first-order valence-electron chi connectivity index (χ1n) is 9.13. The number of carbonyl (C=O) groups is 1. The fraction of sp³-hybridized carbons (Fsp3) is 0.190. The van der Waals surface area contributed by atoms with Crippen LogP contribution >= 0.6 is 0 Å². The number of aromatic hydroxyl groups is 1. The second-order valence-corrected chi connectivity index (χ2v) is 7.06. The lowest BCUT2D eigenvalue weighted by molar-refractivity contribution is 0.0981. The molecule has 0 bridgehead atoms. The molecular formula is C21H18N4O3. The highest BCUT2D eigenvalue weighted by molar-refractivity contribution is 6.07. The van der Waals surface area contributed by atoms with Crippen LogP contribution in [0, 0.1) is 0 Å². The number of phenols is 1. The summed E-state index contributed by atoms with van der Waals surface area (Å²) in [5.41, 5.74) is 11.1. The van der Waals surface area contributed by atoms with Crippen LogP contribution in [0.15, 0.2) is 42.6 Å². The second kappa shape index (κ2) is 6.23. The average molecular weight is 374 g/mol. The summed E-state index contributed by atoms with van der Waals surface area (Å²) in [7, 11) is 0. The number of hydrogen-bond donors (Lipinski definition) is 3. The van der Waals surface area contributed by atoms with Crippen molar-refractivity contribution in [3.05, 3.63) is 53.7 Å². The lowest BCUT2D eigenvalue weighted by atomic mass is 9.84. The normalized spacial score (nSPS) is 16.2. The number of primary amides is 1. The van der Waals surface area contributed by atoms with Crippen LogP contribution in [0.3, 0.4) is 0 Å². The molecule has 4 aromatic rings. The van der Waals surface area contributed by atoms with Crippen molar-refractivity contribution in [1.82, 2.24) is 15.2 Å². The Kier molecular flexibility index (Phi) is 3.68. The molecule has 0 radical (unpaired) electrons. The van der Waals surface area contributed by atoms with Gasteiger partial charge in [0.15, 0.2) is 0 Å². The Balaban J connectivity index is 1.78. The van der Waals surface area contributed by atoms with Crippen LogP contribution in [0.2, 0.25) is 0 Å². The van der Waals surface area contributed by atoms with E-state index in [0.29, 0.717) is 12.8 Å². The summed E-state index contributed by atoms with van der Waals surface area (Å²) in [6.45, 7) is 0. The highest BCUT2D eigenvalue weighted by Crippen LogP contribution is 2.38. The summed E-state index contributed by atoms with van der Waals surface area (Å²) in [6, 6.07) is 11.0. The zero-order valence-electron chi connectivity index (χ0n) is 15.0. The molecule has 0 spiro atoms. The number of pyridine rings is 1. The van der Waals surface area contributed by atoms with Crippen LogP contribution in [-0.4, -0.2) is 32.5 Å². The van der Waals surface area contributed by atoms with Crippen LogP contribution in [-0.2, 0) is 17.6 Å². The van der Waals surface area contributed by atoms with Crippen LogP contribution in [0.1, 0.15) is 17.5 Å². The molecule has 1 amide bonds. The molecule has 0 aliphatic heterocycles. The molecule has 0 saturated heterocycles. The van der Waals surface area contributed by atoms with E-state index < -0.39 is 6.09 Å². The Morgan fingerprint density at radius 2 is 2.00 bits per heavy atom. The monoisotopic (exact) mass is 374 g/mol. The van der Waals surface area contributed by atoms with Gasteiger partial charge >= 0.3 is 6.09 Å². The number of carbonyl (C=O) groups excluding carboxylic acids is 1. The Morgan fingerprint density at radius 3 is 2.79 bits per heavy atom. The molecule has 140 valence electrons. The number of H-pyrrole nitrogens is 1. The van der Waals surface area contributed by atoms with E-state index >= 15 is 0 Å². The SMILES string of the molecule is NC(=O)OC1CCc2c(c(-c3ccc(O)cc3)nc3ccc4[nH]ncc4c23)C1. The Morgan fingerprint density at radius 1 is 1.18 bits per heavy atom. The highest BCUT2D eigenvalue weighted by Gasteiger charge is 2.27. The van der Waals surface area contributed by atoms with Gasteiger partial charge in [0.25, 0.3) is 0 Å². The number of benzene rings is 2. The number of nitrogens with one attached hydrogen (secondary N) is 1. The van der Waals surface area contributed by atoms with Gasteiger partial charge in [0, 0.05) is 22.8 Å². The third kappa shape index (κ3) is 2.63. The van der Waals surface area contributed by atoms with Gasteiger partial charge in [-0.2, -0.15) is 5.10 Å². The number of amides is 1. The van der Waals surface area contributed by atoms with Crippen molar-refractivity contribution in [2.24, 2.45) is 5.73 Å². The van der Waals surface area contributed by atoms with Crippen molar-refractivity contribution in [3.63, 3.8) is 0 Å². The number of rotatable bonds is 2. The zero-order chi connectivity index (χ0) is 19.3. The van der Waals surface area contributed by atoms with Crippen LogP contribution in [0.25, 0.3) is 33.1 Å². The molecule has 0 saturated carbocycles. The highest BCUT2D eigenvalue weighted by atomic mass is 16.6. The van der Waals surface area contributed by atoms with E-state index in [2.05, 4.69) is 10.2 Å². The lowest BCUT2D eigenvalue weighted by Gasteiger charge is -2.27. The maximum absolute atomic E-state index is 11.3. The molecule has 0 fully saturated rings. The van der Waals surface area contributed by atoms with Crippen LogP contribution in [0.4, 0.5) is 4.79 Å². The fourth-order valence-corrected chi connectivity index (χ4v) is 4.15. The first-order valence-corrected chi connectivity index (χ1v) is 9.13. The molecule has 7 nitrogen and oxygen atoms in total. The number of hydrogen-bond acceptors (Lipinski definition) is 5. The summed E-state index contributed by atoms with van der Waals surface area (Å²) in [4.78, 5) is 16.2. The molecule has 1 unspecified atom stereocenters. The van der Waals surface area contributed by atoms with E-state index in [-0.39, 0.29) is 11.9 Å². The van der Waals surface area contributed by atoms with Crippen LogP contribution in [0.5, 0.6) is 5.75 Å². The van der Waals surface area contributed by atoms with E-state index in [9.17, 15) is 9.90 Å². The minimum Gasteiger partial charge on any atom is -0.508 e. The number of aromatic nitrogens is 3. The largest absolute Gasteiger partial charge is 0.508 e. The van der Waals surface area contributed by atoms with E-state index in [4.69, 9.17) is 15.5 Å². The molecule has 4 N–H and O–H groups in total. The van der Waals surface area contributed by atoms with Gasteiger partial charge < -0.3 is 15.6 Å². The molecule has 2 aromatic carbocycles. The molecule has 5 rings (SSSR count). The summed E-state index contributed by atoms with van der Waals surface area (Å²) in [6.07, 6.45) is 2.80. The van der Waals surface area contributed by atoms with Crippen molar-refractivity contribution in [3.8, 4) is 17.0 Å². The third-order valence-electron chi connectivity index (χ3n) is 5.36. The van der Waals surface area contributed by atoms with Gasteiger partial charge in [0.1, 0.15) is 11.9 Å². The number of aromatic amines is 1. The van der Waals surface area contributed by atoms with Gasteiger partial charge in [-0.1, -0.05) is 0 Å².